The molecule has 0 saturated carbocycles. The van der Waals surface area contributed by atoms with E-state index in [1.807, 2.05) is 0 Å². The molecule has 4 rings (SSSR count). The zero-order chi connectivity index (χ0) is 18.1. The number of carbonyl (C=O) groups is 1. The van der Waals surface area contributed by atoms with Crippen LogP contribution in [0, 0.1) is 12.3 Å². The van der Waals surface area contributed by atoms with Crippen molar-refractivity contribution in [3.63, 3.8) is 0 Å². The van der Waals surface area contributed by atoms with Gasteiger partial charge < -0.3 is 10.1 Å². The van der Waals surface area contributed by atoms with Crippen molar-refractivity contribution in [3.8, 4) is 5.88 Å². The minimum atomic E-state index is -0.127. The highest BCUT2D eigenvalue weighted by molar-refractivity contribution is 5.83. The Balaban J connectivity index is 1.51. The summed E-state index contributed by atoms with van der Waals surface area (Å²) in [4.78, 5) is 19.5. The number of ether oxygens (including phenoxy) is 1. The number of aryl methyl sites for hydroxylation is 1. The molecule has 1 N–H and O–H groups in total. The SMILES string of the molecule is COc1nc2cc(C)ccc2cc1CN1CCC2(CCCNC2=O)CC1. The van der Waals surface area contributed by atoms with Crippen molar-refractivity contribution in [1.29, 1.82) is 0 Å². The fraction of sp³-hybridized carbons (Fsp3) is 0.524. The normalized spacial score (nSPS) is 20.3. The zero-order valence-corrected chi connectivity index (χ0v) is 15.7. The van der Waals surface area contributed by atoms with Crippen molar-refractivity contribution in [1.82, 2.24) is 15.2 Å². The van der Waals surface area contributed by atoms with Gasteiger partial charge in [0.05, 0.1) is 18.0 Å². The van der Waals surface area contributed by atoms with E-state index in [0.717, 1.165) is 68.3 Å². The van der Waals surface area contributed by atoms with Crippen molar-refractivity contribution in [2.45, 2.75) is 39.2 Å². The maximum Gasteiger partial charge on any atom is 0.226 e. The Hall–Kier alpha value is -2.14. The number of methoxy groups -OCH3 is 1. The summed E-state index contributed by atoms with van der Waals surface area (Å²) in [5.74, 6) is 0.975. The number of piperidine rings is 2. The van der Waals surface area contributed by atoms with Crippen LogP contribution in [0.25, 0.3) is 10.9 Å². The van der Waals surface area contributed by atoms with Crippen LogP contribution in [-0.2, 0) is 11.3 Å². The fourth-order valence-electron chi connectivity index (χ4n) is 4.38. The molecule has 2 aliphatic rings. The molecule has 2 aromatic rings. The molecule has 26 heavy (non-hydrogen) atoms. The number of rotatable bonds is 3. The van der Waals surface area contributed by atoms with Gasteiger partial charge in [0, 0.05) is 24.0 Å². The zero-order valence-electron chi connectivity index (χ0n) is 15.7. The van der Waals surface area contributed by atoms with E-state index >= 15 is 0 Å². The molecular formula is C21H27N3O2. The predicted molar refractivity (Wildman–Crippen MR) is 102 cm³/mol. The summed E-state index contributed by atoms with van der Waals surface area (Å²) < 4.78 is 5.56. The lowest BCUT2D eigenvalue weighted by Crippen LogP contribution is -2.51. The number of pyridine rings is 1. The highest BCUT2D eigenvalue weighted by Gasteiger charge is 2.42. The molecule has 2 aliphatic heterocycles. The van der Waals surface area contributed by atoms with E-state index in [1.54, 1.807) is 7.11 Å². The lowest BCUT2D eigenvalue weighted by molar-refractivity contribution is -0.136. The van der Waals surface area contributed by atoms with Gasteiger partial charge in [0.15, 0.2) is 0 Å². The van der Waals surface area contributed by atoms with Crippen LogP contribution in [0.1, 0.15) is 36.8 Å². The lowest BCUT2D eigenvalue weighted by atomic mass is 9.72. The second-order valence-corrected chi connectivity index (χ2v) is 7.77. The van der Waals surface area contributed by atoms with Crippen molar-refractivity contribution in [3.05, 3.63) is 35.4 Å². The molecule has 0 aliphatic carbocycles. The van der Waals surface area contributed by atoms with Crippen LogP contribution in [-0.4, -0.2) is 42.5 Å². The van der Waals surface area contributed by atoms with E-state index in [1.165, 1.54) is 5.56 Å². The van der Waals surface area contributed by atoms with E-state index < -0.39 is 0 Å². The van der Waals surface area contributed by atoms with E-state index in [4.69, 9.17) is 9.72 Å². The first-order valence-corrected chi connectivity index (χ1v) is 9.55. The quantitative estimate of drug-likeness (QED) is 0.921. The molecule has 0 radical (unpaired) electrons. The first-order valence-electron chi connectivity index (χ1n) is 9.55. The Bertz CT molecular complexity index is 825. The van der Waals surface area contributed by atoms with Crippen molar-refractivity contribution in [2.24, 2.45) is 5.41 Å². The molecule has 0 atom stereocenters. The maximum absolute atomic E-state index is 12.4. The van der Waals surface area contributed by atoms with Gasteiger partial charge in [-0.1, -0.05) is 12.1 Å². The number of fused-ring (bicyclic) bond motifs is 1. The summed E-state index contributed by atoms with van der Waals surface area (Å²) in [5.41, 5.74) is 3.17. The van der Waals surface area contributed by atoms with Crippen molar-refractivity contribution < 1.29 is 9.53 Å². The van der Waals surface area contributed by atoms with Crippen molar-refractivity contribution >= 4 is 16.8 Å². The number of aromatic nitrogens is 1. The largest absolute Gasteiger partial charge is 0.481 e. The van der Waals surface area contributed by atoms with Gasteiger partial charge in [-0.15, -0.1) is 0 Å². The smallest absolute Gasteiger partial charge is 0.226 e. The molecule has 1 aromatic carbocycles. The molecule has 2 fully saturated rings. The summed E-state index contributed by atoms with van der Waals surface area (Å²) in [6.45, 7) is 5.62. The lowest BCUT2D eigenvalue weighted by Gasteiger charge is -2.42. The summed E-state index contributed by atoms with van der Waals surface area (Å²) in [5, 5.41) is 4.21. The number of nitrogens with one attached hydrogen (secondary N) is 1. The molecule has 1 spiro atoms. The van der Waals surface area contributed by atoms with Crippen LogP contribution in [0.4, 0.5) is 0 Å². The Morgan fingerprint density at radius 1 is 1.23 bits per heavy atom. The molecule has 3 heterocycles. The monoisotopic (exact) mass is 353 g/mol. The van der Waals surface area contributed by atoms with E-state index in [-0.39, 0.29) is 11.3 Å². The number of likely N-dealkylation sites (tertiary alicyclic amines) is 1. The van der Waals surface area contributed by atoms with Crippen LogP contribution in [0.3, 0.4) is 0 Å². The average Bonchev–Trinajstić information content (AvgIpc) is 2.65. The van der Waals surface area contributed by atoms with E-state index in [2.05, 4.69) is 41.4 Å². The standard InChI is InChI=1S/C21H27N3O2/c1-15-4-5-16-13-17(19(26-2)23-18(16)12-15)14-24-10-7-21(8-11-24)6-3-9-22-20(21)25/h4-5,12-13H,3,6-11,14H2,1-2H3,(H,22,25). The molecule has 1 amide bonds. The highest BCUT2D eigenvalue weighted by Crippen LogP contribution is 2.39. The molecule has 0 unspecified atom stereocenters. The number of hydrogen-bond donors (Lipinski definition) is 1. The predicted octanol–water partition coefficient (Wildman–Crippen LogP) is 3.04. The third kappa shape index (κ3) is 3.16. The van der Waals surface area contributed by atoms with Gasteiger partial charge in [0.1, 0.15) is 0 Å². The van der Waals surface area contributed by atoms with Crippen molar-refractivity contribution in [2.75, 3.05) is 26.7 Å². The maximum atomic E-state index is 12.4. The van der Waals surface area contributed by atoms with Crippen LogP contribution >= 0.6 is 0 Å². The topological polar surface area (TPSA) is 54.5 Å². The Kier molecular flexibility index (Phi) is 4.57. The van der Waals surface area contributed by atoms with Crippen LogP contribution in [0.2, 0.25) is 0 Å². The minimum Gasteiger partial charge on any atom is -0.481 e. The number of amides is 1. The highest BCUT2D eigenvalue weighted by atomic mass is 16.5. The number of carbonyl (C=O) groups excluding carboxylic acids is 1. The first kappa shape index (κ1) is 17.3. The second kappa shape index (κ2) is 6.88. The Labute approximate surface area is 154 Å². The van der Waals surface area contributed by atoms with Crippen LogP contribution in [0.15, 0.2) is 24.3 Å². The van der Waals surface area contributed by atoms with Gasteiger partial charge in [0.2, 0.25) is 11.8 Å². The number of nitrogens with zero attached hydrogens (tertiary/aromatic N) is 2. The van der Waals surface area contributed by atoms with Crippen LogP contribution < -0.4 is 10.1 Å². The number of benzene rings is 1. The van der Waals surface area contributed by atoms with Gasteiger partial charge in [-0.2, -0.15) is 0 Å². The number of hydrogen-bond acceptors (Lipinski definition) is 4. The van der Waals surface area contributed by atoms with Gasteiger partial charge in [0.25, 0.3) is 0 Å². The summed E-state index contributed by atoms with van der Waals surface area (Å²) >= 11 is 0. The molecule has 0 bridgehead atoms. The second-order valence-electron chi connectivity index (χ2n) is 7.77. The molecule has 2 saturated heterocycles. The Morgan fingerprint density at radius 3 is 2.77 bits per heavy atom. The first-order chi connectivity index (χ1) is 12.6. The van der Waals surface area contributed by atoms with Crippen LogP contribution in [0.5, 0.6) is 5.88 Å². The summed E-state index contributed by atoms with van der Waals surface area (Å²) in [7, 11) is 1.69. The fourth-order valence-corrected chi connectivity index (χ4v) is 4.38. The minimum absolute atomic E-state index is 0.127. The molecular weight excluding hydrogens is 326 g/mol. The summed E-state index contributed by atoms with van der Waals surface area (Å²) in [6.07, 6.45) is 4.03. The van der Waals surface area contributed by atoms with Gasteiger partial charge in [-0.25, -0.2) is 4.98 Å². The average molecular weight is 353 g/mol. The molecule has 1 aromatic heterocycles. The summed E-state index contributed by atoms with van der Waals surface area (Å²) in [6, 6.07) is 8.52. The van der Waals surface area contributed by atoms with Gasteiger partial charge in [-0.05, 0) is 63.4 Å². The third-order valence-corrected chi connectivity index (χ3v) is 6.01. The van der Waals surface area contributed by atoms with Gasteiger partial charge >= 0.3 is 0 Å². The van der Waals surface area contributed by atoms with E-state index in [9.17, 15) is 4.79 Å². The molecule has 138 valence electrons. The van der Waals surface area contributed by atoms with E-state index in [0.29, 0.717) is 5.88 Å². The molecule has 5 heteroatoms. The Morgan fingerprint density at radius 2 is 2.04 bits per heavy atom. The van der Waals surface area contributed by atoms with Gasteiger partial charge in [-0.3, -0.25) is 9.69 Å². The molecule has 5 nitrogen and oxygen atoms in total. The third-order valence-electron chi connectivity index (χ3n) is 6.01.